The van der Waals surface area contributed by atoms with Crippen LogP contribution in [0.15, 0.2) is 16.8 Å². The van der Waals surface area contributed by atoms with Crippen molar-refractivity contribution in [2.24, 2.45) is 4.99 Å². The summed E-state index contributed by atoms with van der Waals surface area (Å²) < 4.78 is 0. The van der Waals surface area contributed by atoms with E-state index in [4.69, 9.17) is 5.11 Å². The van der Waals surface area contributed by atoms with Gasteiger partial charge in [0.15, 0.2) is 6.29 Å². The van der Waals surface area contributed by atoms with Gasteiger partial charge in [-0.2, -0.15) is 0 Å². The number of hydrogen-bond acceptors (Lipinski definition) is 3. The number of allylic oxidation sites excluding steroid dienone is 2. The van der Waals surface area contributed by atoms with Gasteiger partial charge in [0.2, 0.25) is 0 Å². The fraction of sp³-hybridized carbons (Fsp3) is 0.333. The molecule has 0 radical (unpaired) electrons. The zero-order chi connectivity index (χ0) is 7.28. The Morgan fingerprint density at radius 1 is 1.67 bits per heavy atom. The average molecular weight is 127 g/mol. The first-order valence-electron chi connectivity index (χ1n) is 2.53. The van der Waals surface area contributed by atoms with Gasteiger partial charge in [0.05, 0.1) is 0 Å². The van der Waals surface area contributed by atoms with Crippen molar-refractivity contribution in [3.63, 3.8) is 0 Å². The highest BCUT2D eigenvalue weighted by atomic mass is 16.3. The highest BCUT2D eigenvalue weighted by Crippen LogP contribution is 1.88. The van der Waals surface area contributed by atoms with E-state index in [-0.39, 0.29) is 11.5 Å². The molecular weight excluding hydrogens is 118 g/mol. The highest BCUT2D eigenvalue weighted by Gasteiger charge is 1.97. The minimum atomic E-state index is -0.0764. The molecule has 0 saturated heterocycles. The van der Waals surface area contributed by atoms with Crippen molar-refractivity contribution in [3.8, 4) is 0 Å². The molecule has 0 aliphatic rings. The second kappa shape index (κ2) is 3.83. The number of hydrogen-bond donors (Lipinski definition) is 1. The summed E-state index contributed by atoms with van der Waals surface area (Å²) in [4.78, 5) is 13.5. The number of carbonyl (C=O) groups is 1. The fourth-order valence-electron chi connectivity index (χ4n) is 0.376. The molecule has 50 valence electrons. The van der Waals surface area contributed by atoms with Gasteiger partial charge in [-0.25, -0.2) is 0 Å². The van der Waals surface area contributed by atoms with E-state index >= 15 is 0 Å². The quantitative estimate of drug-likeness (QED) is 0.337. The summed E-state index contributed by atoms with van der Waals surface area (Å²) in [5.74, 6) is -0.0764. The third kappa shape index (κ3) is 2.08. The maximum Gasteiger partial charge on any atom is 0.171 e. The molecule has 9 heavy (non-hydrogen) atoms. The van der Waals surface area contributed by atoms with Gasteiger partial charge >= 0.3 is 0 Å². The maximum absolute atomic E-state index is 10.0. The number of aliphatic imine (C=N–C) groups is 1. The van der Waals surface area contributed by atoms with Gasteiger partial charge in [0.1, 0.15) is 11.5 Å². The van der Waals surface area contributed by atoms with E-state index in [1.807, 2.05) is 0 Å². The number of aliphatic hydroxyl groups is 1. The third-order valence-corrected chi connectivity index (χ3v) is 0.888. The Hall–Kier alpha value is -1.12. The van der Waals surface area contributed by atoms with Gasteiger partial charge in [0, 0.05) is 7.05 Å². The SMILES string of the molecule is C/C=C(/O)C(C=O)=NC. The highest BCUT2D eigenvalue weighted by molar-refractivity contribution is 6.35. The Bertz CT molecular complexity index is 158. The van der Waals surface area contributed by atoms with Gasteiger partial charge in [-0.15, -0.1) is 0 Å². The maximum atomic E-state index is 10.0. The van der Waals surface area contributed by atoms with Crippen LogP contribution in [0.3, 0.4) is 0 Å². The minimum absolute atomic E-state index is 0.0764. The van der Waals surface area contributed by atoms with Crippen molar-refractivity contribution in [3.05, 3.63) is 11.8 Å². The largest absolute Gasteiger partial charge is 0.506 e. The predicted octanol–water partition coefficient (Wildman–Crippen LogP) is 0.718. The first-order chi connectivity index (χ1) is 4.26. The second-order valence-electron chi connectivity index (χ2n) is 1.40. The van der Waals surface area contributed by atoms with Crippen molar-refractivity contribution >= 4 is 12.0 Å². The summed E-state index contributed by atoms with van der Waals surface area (Å²) in [6, 6.07) is 0. The zero-order valence-electron chi connectivity index (χ0n) is 5.46. The number of aliphatic hydroxyl groups excluding tert-OH is 1. The van der Waals surface area contributed by atoms with Crippen LogP contribution in [0.2, 0.25) is 0 Å². The van der Waals surface area contributed by atoms with E-state index in [2.05, 4.69) is 4.99 Å². The van der Waals surface area contributed by atoms with E-state index in [9.17, 15) is 4.79 Å². The van der Waals surface area contributed by atoms with Crippen LogP contribution in [0.1, 0.15) is 6.92 Å². The molecule has 3 nitrogen and oxygen atoms in total. The van der Waals surface area contributed by atoms with Crippen LogP contribution >= 0.6 is 0 Å². The lowest BCUT2D eigenvalue weighted by Gasteiger charge is -1.91. The molecule has 0 saturated carbocycles. The van der Waals surface area contributed by atoms with Crippen molar-refractivity contribution < 1.29 is 9.90 Å². The lowest BCUT2D eigenvalue weighted by molar-refractivity contribution is -0.102. The molecule has 0 heterocycles. The summed E-state index contributed by atoms with van der Waals surface area (Å²) in [7, 11) is 1.45. The normalized spacial score (nSPS) is 13.6. The lowest BCUT2D eigenvalue weighted by atomic mass is 10.3. The van der Waals surface area contributed by atoms with E-state index in [1.54, 1.807) is 6.92 Å². The average Bonchev–Trinajstić information content (AvgIpc) is 1.90. The van der Waals surface area contributed by atoms with Crippen molar-refractivity contribution in [2.45, 2.75) is 6.92 Å². The Labute approximate surface area is 53.7 Å². The Morgan fingerprint density at radius 3 is 2.33 bits per heavy atom. The molecular formula is C6H9NO2. The zero-order valence-corrected chi connectivity index (χ0v) is 5.46. The molecule has 1 N–H and O–H groups in total. The summed E-state index contributed by atoms with van der Waals surface area (Å²) >= 11 is 0. The molecule has 0 aromatic heterocycles. The van der Waals surface area contributed by atoms with Crippen LogP contribution in [-0.4, -0.2) is 24.2 Å². The van der Waals surface area contributed by atoms with E-state index < -0.39 is 0 Å². The van der Waals surface area contributed by atoms with E-state index in [0.29, 0.717) is 6.29 Å². The molecule has 0 spiro atoms. The molecule has 0 aromatic rings. The number of rotatable bonds is 2. The van der Waals surface area contributed by atoms with Gasteiger partial charge in [0.25, 0.3) is 0 Å². The summed E-state index contributed by atoms with van der Waals surface area (Å²) in [6.07, 6.45) is 1.92. The first-order valence-corrected chi connectivity index (χ1v) is 2.53. The van der Waals surface area contributed by atoms with Crippen LogP contribution in [0.5, 0.6) is 0 Å². The Balaban J connectivity index is 4.32. The van der Waals surface area contributed by atoms with Gasteiger partial charge in [-0.1, -0.05) is 0 Å². The van der Waals surface area contributed by atoms with E-state index in [0.717, 1.165) is 0 Å². The Kier molecular flexibility index (Phi) is 3.35. The molecule has 0 rings (SSSR count). The lowest BCUT2D eigenvalue weighted by Crippen LogP contribution is -2.02. The van der Waals surface area contributed by atoms with Gasteiger partial charge in [-0.05, 0) is 13.0 Å². The predicted molar refractivity (Wildman–Crippen MR) is 35.8 cm³/mol. The second-order valence-corrected chi connectivity index (χ2v) is 1.40. The molecule has 0 atom stereocenters. The number of nitrogens with zero attached hydrogens (tertiary/aromatic N) is 1. The topological polar surface area (TPSA) is 49.7 Å². The molecule has 0 aliphatic heterocycles. The van der Waals surface area contributed by atoms with E-state index in [1.165, 1.54) is 13.1 Å². The van der Waals surface area contributed by atoms with Crippen molar-refractivity contribution in [2.75, 3.05) is 7.05 Å². The van der Waals surface area contributed by atoms with Crippen LogP contribution < -0.4 is 0 Å². The summed E-state index contributed by atoms with van der Waals surface area (Å²) in [5, 5.41) is 8.82. The number of carbonyl (C=O) groups excluding carboxylic acids is 1. The molecule has 0 fully saturated rings. The monoisotopic (exact) mass is 127 g/mol. The van der Waals surface area contributed by atoms with Crippen LogP contribution in [0, 0.1) is 0 Å². The van der Waals surface area contributed by atoms with Crippen LogP contribution in [-0.2, 0) is 4.79 Å². The smallest absolute Gasteiger partial charge is 0.171 e. The van der Waals surface area contributed by atoms with Crippen LogP contribution in [0.25, 0.3) is 0 Å². The molecule has 0 bridgehead atoms. The van der Waals surface area contributed by atoms with Crippen LogP contribution in [0.4, 0.5) is 0 Å². The number of aldehydes is 1. The summed E-state index contributed by atoms with van der Waals surface area (Å²) in [6.45, 7) is 1.63. The molecule has 0 aromatic carbocycles. The third-order valence-electron chi connectivity index (χ3n) is 0.888. The summed E-state index contributed by atoms with van der Waals surface area (Å²) in [5.41, 5.74) is 0.0810. The van der Waals surface area contributed by atoms with Gasteiger partial charge in [-0.3, -0.25) is 9.79 Å². The van der Waals surface area contributed by atoms with Crippen molar-refractivity contribution in [1.29, 1.82) is 0 Å². The molecule has 3 heteroatoms. The standard InChI is InChI=1S/C6H9NO2/c1-3-6(9)5(4-8)7-2/h3-4,9H,1-2H3/b6-3+,7-5?. The Morgan fingerprint density at radius 2 is 2.22 bits per heavy atom. The molecule has 0 amide bonds. The minimum Gasteiger partial charge on any atom is -0.506 e. The molecule has 0 aliphatic carbocycles. The van der Waals surface area contributed by atoms with Gasteiger partial charge < -0.3 is 5.11 Å². The van der Waals surface area contributed by atoms with Crippen molar-refractivity contribution in [1.82, 2.24) is 0 Å². The molecule has 0 unspecified atom stereocenters. The fourth-order valence-corrected chi connectivity index (χ4v) is 0.376. The first kappa shape index (κ1) is 7.88.